The van der Waals surface area contributed by atoms with E-state index in [9.17, 15) is 0 Å². The van der Waals surface area contributed by atoms with Crippen LogP contribution in [0, 0.1) is 0 Å². The van der Waals surface area contributed by atoms with Gasteiger partial charge in [0, 0.05) is 4.90 Å². The number of nitrogens with zero attached hydrogens (tertiary/aromatic N) is 1. The highest BCUT2D eigenvalue weighted by molar-refractivity contribution is 7.99. The Hall–Kier alpha value is -2.46. The molecule has 0 aliphatic rings. The number of fused-ring (bicyclic) bond motifs is 2. The fourth-order valence-corrected chi connectivity index (χ4v) is 3.12. The van der Waals surface area contributed by atoms with Crippen LogP contribution >= 0.6 is 11.8 Å². The summed E-state index contributed by atoms with van der Waals surface area (Å²) in [5.74, 6) is 0. The molecule has 0 aliphatic carbocycles. The van der Waals surface area contributed by atoms with Gasteiger partial charge in [0.25, 0.3) is 5.22 Å². The lowest BCUT2D eigenvalue weighted by Crippen LogP contribution is -1.84. The second-order valence-corrected chi connectivity index (χ2v) is 5.81. The molecule has 0 aliphatic heterocycles. The summed E-state index contributed by atoms with van der Waals surface area (Å²) >= 11 is 1.50. The number of nitrogen functional groups attached to an aromatic ring is 1. The summed E-state index contributed by atoms with van der Waals surface area (Å²) in [5.41, 5.74) is 7.99. The molecule has 0 fully saturated rings. The first-order valence-corrected chi connectivity index (χ1v) is 7.43. The second kappa shape index (κ2) is 4.82. The van der Waals surface area contributed by atoms with Crippen molar-refractivity contribution < 1.29 is 4.42 Å². The molecular formula is C17H12N2OS. The highest BCUT2D eigenvalue weighted by Gasteiger charge is 2.09. The molecule has 0 saturated carbocycles. The zero-order valence-electron chi connectivity index (χ0n) is 11.1. The minimum Gasteiger partial charge on any atom is -0.431 e. The summed E-state index contributed by atoms with van der Waals surface area (Å²) < 4.78 is 5.74. The van der Waals surface area contributed by atoms with E-state index in [-0.39, 0.29) is 0 Å². The molecule has 4 rings (SSSR count). The van der Waals surface area contributed by atoms with E-state index in [1.165, 1.54) is 22.5 Å². The minimum absolute atomic E-state index is 0.609. The molecule has 0 saturated heterocycles. The Morgan fingerprint density at radius 2 is 1.76 bits per heavy atom. The predicted molar refractivity (Wildman–Crippen MR) is 86.5 cm³/mol. The van der Waals surface area contributed by atoms with Gasteiger partial charge in [-0.05, 0) is 46.8 Å². The molecule has 0 unspecified atom stereocenters. The fraction of sp³-hybridized carbons (Fsp3) is 0. The summed E-state index contributed by atoms with van der Waals surface area (Å²) in [6, 6.07) is 20.2. The molecular weight excluding hydrogens is 280 g/mol. The van der Waals surface area contributed by atoms with Gasteiger partial charge in [0.2, 0.25) is 0 Å². The molecule has 1 aromatic heterocycles. The Bertz CT molecular complexity index is 946. The average molecular weight is 292 g/mol. The first-order valence-electron chi connectivity index (χ1n) is 6.61. The van der Waals surface area contributed by atoms with E-state index in [0.717, 1.165) is 16.0 Å². The summed E-state index contributed by atoms with van der Waals surface area (Å²) in [4.78, 5) is 5.56. The van der Waals surface area contributed by atoms with E-state index in [2.05, 4.69) is 35.3 Å². The van der Waals surface area contributed by atoms with Gasteiger partial charge >= 0.3 is 0 Å². The minimum atomic E-state index is 0.609. The largest absolute Gasteiger partial charge is 0.431 e. The van der Waals surface area contributed by atoms with E-state index in [0.29, 0.717) is 10.9 Å². The Balaban J connectivity index is 1.73. The Morgan fingerprint density at radius 1 is 0.905 bits per heavy atom. The van der Waals surface area contributed by atoms with Crippen molar-refractivity contribution in [1.29, 1.82) is 0 Å². The lowest BCUT2D eigenvalue weighted by Gasteiger charge is -2.00. The molecule has 0 radical (unpaired) electrons. The third kappa shape index (κ3) is 2.23. The maximum absolute atomic E-state index is 5.91. The summed E-state index contributed by atoms with van der Waals surface area (Å²) in [6.45, 7) is 0. The monoisotopic (exact) mass is 292 g/mol. The number of para-hydroxylation sites is 1. The third-order valence-electron chi connectivity index (χ3n) is 3.36. The number of hydrogen-bond donors (Lipinski definition) is 1. The van der Waals surface area contributed by atoms with Crippen LogP contribution in [0.1, 0.15) is 0 Å². The molecule has 3 aromatic carbocycles. The first-order chi connectivity index (χ1) is 10.3. The topological polar surface area (TPSA) is 52.0 Å². The molecule has 102 valence electrons. The number of aromatic nitrogens is 1. The molecule has 0 bridgehead atoms. The van der Waals surface area contributed by atoms with Crippen molar-refractivity contribution in [2.45, 2.75) is 10.1 Å². The van der Waals surface area contributed by atoms with Gasteiger partial charge in [-0.15, -0.1) is 0 Å². The van der Waals surface area contributed by atoms with Crippen LogP contribution in [0.3, 0.4) is 0 Å². The van der Waals surface area contributed by atoms with Crippen LogP contribution < -0.4 is 5.73 Å². The Morgan fingerprint density at radius 3 is 2.62 bits per heavy atom. The van der Waals surface area contributed by atoms with E-state index < -0.39 is 0 Å². The van der Waals surface area contributed by atoms with Crippen molar-refractivity contribution in [2.75, 3.05) is 5.73 Å². The maximum atomic E-state index is 5.91. The summed E-state index contributed by atoms with van der Waals surface area (Å²) in [7, 11) is 0. The van der Waals surface area contributed by atoms with Crippen molar-refractivity contribution in [3.05, 3.63) is 60.7 Å². The van der Waals surface area contributed by atoms with Crippen LogP contribution in [0.4, 0.5) is 5.69 Å². The lowest BCUT2D eigenvalue weighted by molar-refractivity contribution is 0.489. The maximum Gasteiger partial charge on any atom is 0.261 e. The van der Waals surface area contributed by atoms with Crippen LogP contribution in [-0.4, -0.2) is 4.98 Å². The zero-order valence-corrected chi connectivity index (χ0v) is 11.9. The van der Waals surface area contributed by atoms with Crippen molar-refractivity contribution in [3.8, 4) is 0 Å². The number of hydrogen-bond acceptors (Lipinski definition) is 4. The SMILES string of the molecule is Nc1cccc2oc(Sc3ccc4ccccc4c3)nc12. The van der Waals surface area contributed by atoms with E-state index >= 15 is 0 Å². The van der Waals surface area contributed by atoms with Gasteiger partial charge in [-0.3, -0.25) is 0 Å². The van der Waals surface area contributed by atoms with Crippen molar-refractivity contribution in [3.63, 3.8) is 0 Å². The van der Waals surface area contributed by atoms with Crippen molar-refractivity contribution >= 4 is 39.3 Å². The standard InChI is InChI=1S/C17H12N2OS/c18-14-6-3-7-15-16(14)19-17(20-15)21-13-9-8-11-4-1-2-5-12(11)10-13/h1-10H,18H2. The Kier molecular flexibility index (Phi) is 2.82. The van der Waals surface area contributed by atoms with Crippen LogP contribution in [0.15, 0.2) is 75.2 Å². The molecule has 1 heterocycles. The molecule has 4 aromatic rings. The third-order valence-corrected chi connectivity index (χ3v) is 4.20. The van der Waals surface area contributed by atoms with Crippen LogP contribution in [0.2, 0.25) is 0 Å². The van der Waals surface area contributed by atoms with Gasteiger partial charge < -0.3 is 10.2 Å². The number of benzene rings is 3. The smallest absolute Gasteiger partial charge is 0.261 e. The van der Waals surface area contributed by atoms with Gasteiger partial charge in [-0.25, -0.2) is 4.98 Å². The molecule has 21 heavy (non-hydrogen) atoms. The highest BCUT2D eigenvalue weighted by atomic mass is 32.2. The quantitative estimate of drug-likeness (QED) is 0.543. The second-order valence-electron chi connectivity index (χ2n) is 4.78. The van der Waals surface area contributed by atoms with Crippen molar-refractivity contribution in [1.82, 2.24) is 4.98 Å². The average Bonchev–Trinajstić information content (AvgIpc) is 2.91. The molecule has 4 heteroatoms. The molecule has 3 nitrogen and oxygen atoms in total. The summed E-state index contributed by atoms with van der Waals surface area (Å²) in [5, 5.41) is 3.04. The number of anilines is 1. The van der Waals surface area contributed by atoms with E-state index in [4.69, 9.17) is 10.2 Å². The van der Waals surface area contributed by atoms with Crippen LogP contribution in [-0.2, 0) is 0 Å². The van der Waals surface area contributed by atoms with Gasteiger partial charge in [0.1, 0.15) is 5.52 Å². The van der Waals surface area contributed by atoms with Gasteiger partial charge in [0.15, 0.2) is 5.58 Å². The Labute approximate surface area is 125 Å². The number of rotatable bonds is 2. The molecule has 0 spiro atoms. The summed E-state index contributed by atoms with van der Waals surface area (Å²) in [6.07, 6.45) is 0. The van der Waals surface area contributed by atoms with Gasteiger partial charge in [-0.2, -0.15) is 0 Å². The zero-order chi connectivity index (χ0) is 14.2. The first kappa shape index (κ1) is 12.3. The van der Waals surface area contributed by atoms with Gasteiger partial charge in [0.05, 0.1) is 5.69 Å². The van der Waals surface area contributed by atoms with E-state index in [1.54, 1.807) is 0 Å². The number of nitrogens with two attached hydrogens (primary N) is 1. The molecule has 0 amide bonds. The normalized spacial score (nSPS) is 11.2. The molecule has 2 N–H and O–H groups in total. The van der Waals surface area contributed by atoms with Gasteiger partial charge in [-0.1, -0.05) is 36.4 Å². The highest BCUT2D eigenvalue weighted by Crippen LogP contribution is 2.33. The van der Waals surface area contributed by atoms with Crippen LogP contribution in [0.25, 0.3) is 21.9 Å². The van der Waals surface area contributed by atoms with E-state index in [1.807, 2.05) is 30.3 Å². The van der Waals surface area contributed by atoms with Crippen LogP contribution in [0.5, 0.6) is 0 Å². The number of oxazole rings is 1. The van der Waals surface area contributed by atoms with Crippen molar-refractivity contribution in [2.24, 2.45) is 0 Å². The predicted octanol–water partition coefficient (Wildman–Crippen LogP) is 4.71. The fourth-order valence-electron chi connectivity index (χ4n) is 2.32. The molecule has 0 atom stereocenters. The lowest BCUT2D eigenvalue weighted by atomic mass is 10.1.